The van der Waals surface area contributed by atoms with Crippen molar-refractivity contribution in [2.45, 2.75) is 51.7 Å². The summed E-state index contributed by atoms with van der Waals surface area (Å²) in [6, 6.07) is 4.30. The monoisotopic (exact) mass is 259 g/mol. The highest BCUT2D eigenvalue weighted by atomic mass is 19.4. The first-order chi connectivity index (χ1) is 8.30. The van der Waals surface area contributed by atoms with Crippen LogP contribution in [0.5, 0.6) is 0 Å². The Hall–Kier alpha value is -1.03. The van der Waals surface area contributed by atoms with Crippen molar-refractivity contribution < 1.29 is 13.2 Å². The molecule has 102 valence electrons. The van der Waals surface area contributed by atoms with Crippen LogP contribution in [-0.4, -0.2) is 0 Å². The second-order valence-electron chi connectivity index (χ2n) is 4.55. The predicted molar refractivity (Wildman–Crippen MR) is 67.3 cm³/mol. The van der Waals surface area contributed by atoms with Crippen LogP contribution in [0.3, 0.4) is 0 Å². The van der Waals surface area contributed by atoms with Gasteiger partial charge in [0.15, 0.2) is 0 Å². The van der Waals surface area contributed by atoms with Gasteiger partial charge < -0.3 is 5.73 Å². The summed E-state index contributed by atoms with van der Waals surface area (Å²) in [6.45, 7) is 5.55. The van der Waals surface area contributed by atoms with Crippen LogP contribution in [0.15, 0.2) is 18.2 Å². The zero-order valence-electron chi connectivity index (χ0n) is 11.1. The topological polar surface area (TPSA) is 26.0 Å². The Morgan fingerprint density at radius 3 is 1.89 bits per heavy atom. The Morgan fingerprint density at radius 1 is 1.00 bits per heavy atom. The zero-order chi connectivity index (χ0) is 14.0. The van der Waals surface area contributed by atoms with E-state index < -0.39 is 17.3 Å². The van der Waals surface area contributed by atoms with E-state index in [4.69, 9.17) is 5.73 Å². The third-order valence-electron chi connectivity index (χ3n) is 3.63. The Kier molecular flexibility index (Phi) is 4.43. The SMILES string of the molecule is CCc1c(C(F)(F)F)cccc1C(N)(CC)CC. The largest absolute Gasteiger partial charge is 0.416 e. The molecule has 0 atom stereocenters. The van der Waals surface area contributed by atoms with Gasteiger partial charge in [0.2, 0.25) is 0 Å². The molecule has 2 N–H and O–H groups in total. The van der Waals surface area contributed by atoms with Gasteiger partial charge in [-0.25, -0.2) is 0 Å². The maximum Gasteiger partial charge on any atom is 0.416 e. The molecular formula is C14H20F3N. The van der Waals surface area contributed by atoms with E-state index >= 15 is 0 Å². The fraction of sp³-hybridized carbons (Fsp3) is 0.571. The van der Waals surface area contributed by atoms with Crippen LogP contribution in [-0.2, 0) is 18.1 Å². The fourth-order valence-corrected chi connectivity index (χ4v) is 2.33. The third-order valence-corrected chi connectivity index (χ3v) is 3.63. The van der Waals surface area contributed by atoms with E-state index in [2.05, 4.69) is 0 Å². The highest BCUT2D eigenvalue weighted by Crippen LogP contribution is 2.37. The molecule has 1 aromatic carbocycles. The van der Waals surface area contributed by atoms with Gasteiger partial charge in [0, 0.05) is 5.54 Å². The molecule has 0 fully saturated rings. The molecule has 18 heavy (non-hydrogen) atoms. The molecule has 0 spiro atoms. The maximum atomic E-state index is 13.0. The number of alkyl halides is 3. The van der Waals surface area contributed by atoms with E-state index in [1.807, 2.05) is 13.8 Å². The van der Waals surface area contributed by atoms with Crippen molar-refractivity contribution in [3.05, 3.63) is 34.9 Å². The van der Waals surface area contributed by atoms with E-state index in [1.54, 1.807) is 13.0 Å². The van der Waals surface area contributed by atoms with Crippen LogP contribution in [0.4, 0.5) is 13.2 Å². The molecule has 0 saturated carbocycles. The number of nitrogens with two attached hydrogens (primary N) is 1. The van der Waals surface area contributed by atoms with Crippen molar-refractivity contribution in [3.8, 4) is 0 Å². The molecule has 0 aromatic heterocycles. The summed E-state index contributed by atoms with van der Waals surface area (Å²) in [5.74, 6) is 0. The summed E-state index contributed by atoms with van der Waals surface area (Å²) in [5, 5.41) is 0. The molecule has 0 radical (unpaired) electrons. The van der Waals surface area contributed by atoms with E-state index in [1.165, 1.54) is 6.07 Å². The number of halogens is 3. The van der Waals surface area contributed by atoms with Gasteiger partial charge >= 0.3 is 6.18 Å². The minimum atomic E-state index is -4.32. The second kappa shape index (κ2) is 5.31. The zero-order valence-corrected chi connectivity index (χ0v) is 11.1. The van der Waals surface area contributed by atoms with Gasteiger partial charge in [0.1, 0.15) is 0 Å². The molecular weight excluding hydrogens is 239 g/mol. The smallest absolute Gasteiger partial charge is 0.321 e. The van der Waals surface area contributed by atoms with Gasteiger partial charge in [-0.3, -0.25) is 0 Å². The second-order valence-corrected chi connectivity index (χ2v) is 4.55. The Morgan fingerprint density at radius 2 is 1.50 bits per heavy atom. The van der Waals surface area contributed by atoms with Gasteiger partial charge in [-0.15, -0.1) is 0 Å². The number of hydrogen-bond donors (Lipinski definition) is 1. The van der Waals surface area contributed by atoms with Crippen LogP contribution in [0, 0.1) is 0 Å². The molecule has 0 aliphatic heterocycles. The van der Waals surface area contributed by atoms with Gasteiger partial charge in [-0.1, -0.05) is 32.9 Å². The molecule has 0 aliphatic rings. The van der Waals surface area contributed by atoms with Crippen molar-refractivity contribution >= 4 is 0 Å². The molecule has 0 amide bonds. The lowest BCUT2D eigenvalue weighted by molar-refractivity contribution is -0.138. The summed E-state index contributed by atoms with van der Waals surface area (Å²) in [5.41, 5.74) is 5.97. The third kappa shape index (κ3) is 2.69. The molecule has 4 heteroatoms. The van der Waals surface area contributed by atoms with E-state index in [0.29, 0.717) is 30.4 Å². The van der Waals surface area contributed by atoms with Gasteiger partial charge in [0.05, 0.1) is 5.56 Å². The summed E-state index contributed by atoms with van der Waals surface area (Å²) in [4.78, 5) is 0. The van der Waals surface area contributed by atoms with Gasteiger partial charge in [-0.05, 0) is 36.5 Å². The molecule has 0 heterocycles. The first-order valence-electron chi connectivity index (χ1n) is 6.28. The quantitative estimate of drug-likeness (QED) is 0.859. The molecule has 1 rings (SSSR count). The maximum absolute atomic E-state index is 13.0. The lowest BCUT2D eigenvalue weighted by atomic mass is 9.80. The summed E-state index contributed by atoms with van der Waals surface area (Å²) < 4.78 is 38.9. The molecule has 0 saturated heterocycles. The number of hydrogen-bond acceptors (Lipinski definition) is 1. The van der Waals surface area contributed by atoms with Crippen molar-refractivity contribution in [1.82, 2.24) is 0 Å². The summed E-state index contributed by atoms with van der Waals surface area (Å²) in [7, 11) is 0. The number of benzene rings is 1. The van der Waals surface area contributed by atoms with Crippen molar-refractivity contribution in [2.75, 3.05) is 0 Å². The van der Waals surface area contributed by atoms with E-state index in [-0.39, 0.29) is 0 Å². The van der Waals surface area contributed by atoms with Crippen LogP contribution in [0.2, 0.25) is 0 Å². The molecule has 1 nitrogen and oxygen atoms in total. The summed E-state index contributed by atoms with van der Waals surface area (Å²) >= 11 is 0. The average Bonchev–Trinajstić information content (AvgIpc) is 2.35. The standard InChI is InChI=1S/C14H20F3N/c1-4-10-11(13(18,5-2)6-3)8-7-9-12(10)14(15,16)17/h7-9H,4-6,18H2,1-3H3. The molecule has 0 aliphatic carbocycles. The van der Waals surface area contributed by atoms with E-state index in [0.717, 1.165) is 6.07 Å². The molecule has 0 unspecified atom stereocenters. The van der Waals surface area contributed by atoms with Crippen molar-refractivity contribution in [2.24, 2.45) is 5.73 Å². The Bertz CT molecular complexity index is 406. The highest BCUT2D eigenvalue weighted by Gasteiger charge is 2.36. The highest BCUT2D eigenvalue weighted by molar-refractivity contribution is 5.41. The minimum Gasteiger partial charge on any atom is -0.321 e. The van der Waals surface area contributed by atoms with Crippen molar-refractivity contribution in [3.63, 3.8) is 0 Å². The van der Waals surface area contributed by atoms with E-state index in [9.17, 15) is 13.2 Å². The number of rotatable bonds is 4. The van der Waals surface area contributed by atoms with Crippen molar-refractivity contribution in [1.29, 1.82) is 0 Å². The summed E-state index contributed by atoms with van der Waals surface area (Å²) in [6.07, 6.45) is -2.73. The van der Waals surface area contributed by atoms with Crippen LogP contribution in [0.25, 0.3) is 0 Å². The first kappa shape index (κ1) is 15.0. The minimum absolute atomic E-state index is 0.330. The van der Waals surface area contributed by atoms with Gasteiger partial charge in [-0.2, -0.15) is 13.2 Å². The average molecular weight is 259 g/mol. The van der Waals surface area contributed by atoms with Crippen LogP contribution >= 0.6 is 0 Å². The Balaban J connectivity index is 3.47. The predicted octanol–water partition coefficient (Wildman–Crippen LogP) is 4.24. The van der Waals surface area contributed by atoms with Crippen LogP contribution < -0.4 is 5.73 Å². The molecule has 1 aromatic rings. The van der Waals surface area contributed by atoms with Gasteiger partial charge in [0.25, 0.3) is 0 Å². The molecule has 0 bridgehead atoms. The lowest BCUT2D eigenvalue weighted by Gasteiger charge is -2.31. The Labute approximate surface area is 106 Å². The van der Waals surface area contributed by atoms with Crippen LogP contribution in [0.1, 0.15) is 50.3 Å². The fourth-order valence-electron chi connectivity index (χ4n) is 2.33. The first-order valence-corrected chi connectivity index (χ1v) is 6.28. The normalized spacial score (nSPS) is 12.8. The lowest BCUT2D eigenvalue weighted by Crippen LogP contribution is -2.36.